The summed E-state index contributed by atoms with van der Waals surface area (Å²) in [7, 11) is 2.69. The number of nitrogens with zero attached hydrogens (tertiary/aromatic N) is 2. The predicted molar refractivity (Wildman–Crippen MR) is 147 cm³/mol. The second-order valence-corrected chi connectivity index (χ2v) is 10.0. The third-order valence-electron chi connectivity index (χ3n) is 6.02. The molecule has 0 bridgehead atoms. The fraction of sp³-hybridized carbons (Fsp3) is 0.286. The van der Waals surface area contributed by atoms with Crippen LogP contribution in [0.5, 0.6) is 11.5 Å². The maximum Gasteiger partial charge on any atom is 0.343 e. The molecule has 0 radical (unpaired) electrons. The number of rotatable bonds is 8. The zero-order valence-corrected chi connectivity index (χ0v) is 23.6. The Kier molecular flexibility index (Phi) is 8.57. The molecule has 39 heavy (non-hydrogen) atoms. The van der Waals surface area contributed by atoms with Gasteiger partial charge in [-0.05, 0) is 50.1 Å². The summed E-state index contributed by atoms with van der Waals surface area (Å²) in [5.41, 5.74) is 2.87. The van der Waals surface area contributed by atoms with E-state index in [0.29, 0.717) is 26.2 Å². The normalized spacial score (nSPS) is 14.9. The molecule has 204 valence electrons. The van der Waals surface area contributed by atoms with Crippen LogP contribution < -0.4 is 24.4 Å². The van der Waals surface area contributed by atoms with Crippen LogP contribution in [0.15, 0.2) is 57.5 Å². The van der Waals surface area contributed by atoms with Gasteiger partial charge in [0.05, 0.1) is 47.7 Å². The first-order valence-corrected chi connectivity index (χ1v) is 13.2. The lowest BCUT2D eigenvalue weighted by atomic mass is 9.95. The topological polar surface area (TPSA) is 105 Å². The fourth-order valence-electron chi connectivity index (χ4n) is 4.16. The Morgan fingerprint density at radius 1 is 1.15 bits per heavy atom. The molecule has 0 aliphatic carbocycles. The number of carbonyl (C=O) groups excluding carboxylic acids is 2. The van der Waals surface area contributed by atoms with Gasteiger partial charge >= 0.3 is 11.9 Å². The lowest BCUT2D eigenvalue weighted by molar-refractivity contribution is -0.143. The summed E-state index contributed by atoms with van der Waals surface area (Å²) in [6, 6.07) is 10.2. The minimum Gasteiger partial charge on any atom is -0.493 e. The van der Waals surface area contributed by atoms with Crippen LogP contribution in [0.25, 0.3) is 6.08 Å². The number of allylic oxidation sites excluding steroid dienone is 1. The van der Waals surface area contributed by atoms with E-state index < -0.39 is 18.0 Å². The Bertz CT molecular complexity index is 1640. The minimum atomic E-state index is -0.699. The van der Waals surface area contributed by atoms with Crippen LogP contribution in [0, 0.1) is 6.92 Å². The molecule has 0 fully saturated rings. The molecule has 1 atom stereocenters. The van der Waals surface area contributed by atoms with E-state index in [9.17, 15) is 14.4 Å². The monoisotopic (exact) mass is 570 g/mol. The SMILES string of the molecule is CCOC(=O)C1=C(C)N=c2s/c(=C/c3cc(Cl)c(OCC(=O)OC)c(OC)c3)c(=O)n2[C@@H]1c1ccc(C)cc1. The van der Waals surface area contributed by atoms with Crippen molar-refractivity contribution in [3.05, 3.63) is 89.1 Å². The van der Waals surface area contributed by atoms with E-state index in [2.05, 4.69) is 9.73 Å². The molecule has 1 aliphatic rings. The van der Waals surface area contributed by atoms with Crippen molar-refractivity contribution >= 4 is 41.0 Å². The van der Waals surface area contributed by atoms with E-state index in [1.807, 2.05) is 31.2 Å². The van der Waals surface area contributed by atoms with Gasteiger partial charge < -0.3 is 18.9 Å². The number of halogens is 1. The Labute approximate surface area is 233 Å². The maximum atomic E-state index is 13.8. The number of hydrogen-bond donors (Lipinski definition) is 0. The second kappa shape index (κ2) is 11.9. The Balaban J connectivity index is 1.85. The van der Waals surface area contributed by atoms with Gasteiger partial charge in [0.25, 0.3) is 5.56 Å². The van der Waals surface area contributed by atoms with Gasteiger partial charge in [0, 0.05) is 0 Å². The van der Waals surface area contributed by atoms with Crippen LogP contribution in [0.2, 0.25) is 5.02 Å². The summed E-state index contributed by atoms with van der Waals surface area (Å²) in [5.74, 6) is -0.628. The second-order valence-electron chi connectivity index (χ2n) is 8.61. The van der Waals surface area contributed by atoms with Crippen LogP contribution in [0.4, 0.5) is 0 Å². The van der Waals surface area contributed by atoms with E-state index in [1.54, 1.807) is 32.1 Å². The first kappa shape index (κ1) is 28.1. The van der Waals surface area contributed by atoms with Gasteiger partial charge in [-0.3, -0.25) is 9.36 Å². The molecule has 0 amide bonds. The molecule has 3 aromatic rings. The van der Waals surface area contributed by atoms with Gasteiger partial charge in [0.1, 0.15) is 0 Å². The molecular weight excluding hydrogens is 544 g/mol. The third kappa shape index (κ3) is 5.76. The van der Waals surface area contributed by atoms with Crippen molar-refractivity contribution in [1.82, 2.24) is 4.57 Å². The van der Waals surface area contributed by atoms with Crippen molar-refractivity contribution < 1.29 is 28.5 Å². The summed E-state index contributed by atoms with van der Waals surface area (Å²) in [5, 5.41) is 0.190. The highest BCUT2D eigenvalue weighted by Gasteiger charge is 2.33. The molecule has 9 nitrogen and oxygen atoms in total. The highest BCUT2D eigenvalue weighted by Crippen LogP contribution is 2.37. The summed E-state index contributed by atoms with van der Waals surface area (Å²) < 4.78 is 22.7. The number of thiazole rings is 1. The number of aromatic nitrogens is 1. The van der Waals surface area contributed by atoms with Crippen LogP contribution in [-0.2, 0) is 19.1 Å². The number of esters is 2. The quantitative estimate of drug-likeness (QED) is 0.383. The van der Waals surface area contributed by atoms with Crippen molar-refractivity contribution in [3.63, 3.8) is 0 Å². The number of aryl methyl sites for hydroxylation is 1. The van der Waals surface area contributed by atoms with Crippen molar-refractivity contribution in [2.45, 2.75) is 26.8 Å². The highest BCUT2D eigenvalue weighted by atomic mass is 35.5. The van der Waals surface area contributed by atoms with Gasteiger partial charge in [-0.2, -0.15) is 0 Å². The molecule has 0 saturated carbocycles. The van der Waals surface area contributed by atoms with Gasteiger partial charge in [-0.15, -0.1) is 0 Å². The lowest BCUT2D eigenvalue weighted by Gasteiger charge is -2.24. The van der Waals surface area contributed by atoms with Gasteiger partial charge in [0.15, 0.2) is 22.9 Å². The number of ether oxygens (including phenoxy) is 4. The van der Waals surface area contributed by atoms with E-state index in [4.69, 9.17) is 25.8 Å². The van der Waals surface area contributed by atoms with Crippen molar-refractivity contribution in [2.24, 2.45) is 4.99 Å². The van der Waals surface area contributed by atoms with E-state index in [0.717, 1.165) is 11.1 Å². The molecule has 0 spiro atoms. The Hall–Kier alpha value is -3.89. The number of fused-ring (bicyclic) bond motifs is 1. The lowest BCUT2D eigenvalue weighted by Crippen LogP contribution is -2.39. The van der Waals surface area contributed by atoms with Gasteiger partial charge in [-0.25, -0.2) is 14.6 Å². The number of hydrogen-bond acceptors (Lipinski definition) is 9. The molecule has 1 aliphatic heterocycles. The summed E-state index contributed by atoms with van der Waals surface area (Å²) in [4.78, 5) is 43.3. The highest BCUT2D eigenvalue weighted by molar-refractivity contribution is 7.07. The van der Waals surface area contributed by atoms with Crippen molar-refractivity contribution in [1.29, 1.82) is 0 Å². The Morgan fingerprint density at radius 2 is 1.87 bits per heavy atom. The van der Waals surface area contributed by atoms with Gasteiger partial charge in [-0.1, -0.05) is 52.8 Å². The van der Waals surface area contributed by atoms with E-state index in [1.165, 1.54) is 30.1 Å². The number of benzene rings is 2. The standard InChI is InChI=1S/C28H27ClN2O7S/c1-6-37-27(34)23-16(3)30-28-31(24(23)18-9-7-15(2)8-10-18)26(33)21(39-28)13-17-11-19(29)25(20(12-17)35-4)38-14-22(32)36-5/h7-13,24H,6,14H2,1-5H3/b21-13+/t24-/m1/s1. The van der Waals surface area contributed by atoms with Crippen molar-refractivity contribution in [2.75, 3.05) is 27.4 Å². The third-order valence-corrected chi connectivity index (χ3v) is 7.29. The van der Waals surface area contributed by atoms with E-state index in [-0.39, 0.29) is 35.3 Å². The summed E-state index contributed by atoms with van der Waals surface area (Å²) >= 11 is 7.63. The molecule has 4 rings (SSSR count). The zero-order chi connectivity index (χ0) is 28.3. The average molecular weight is 571 g/mol. The van der Waals surface area contributed by atoms with Crippen LogP contribution in [-0.4, -0.2) is 43.9 Å². The smallest absolute Gasteiger partial charge is 0.343 e. The van der Waals surface area contributed by atoms with Gasteiger partial charge in [0.2, 0.25) is 0 Å². The van der Waals surface area contributed by atoms with Crippen LogP contribution in [0.3, 0.4) is 0 Å². The zero-order valence-electron chi connectivity index (χ0n) is 22.1. The first-order chi connectivity index (χ1) is 18.7. The van der Waals surface area contributed by atoms with Crippen LogP contribution in [0.1, 0.15) is 36.6 Å². The molecule has 2 aromatic carbocycles. The van der Waals surface area contributed by atoms with Crippen LogP contribution >= 0.6 is 22.9 Å². The molecular formula is C28H27ClN2O7S. The molecule has 0 saturated heterocycles. The molecule has 1 aromatic heterocycles. The average Bonchev–Trinajstić information content (AvgIpc) is 3.21. The summed E-state index contributed by atoms with van der Waals surface area (Å²) in [6.45, 7) is 5.29. The minimum absolute atomic E-state index is 0.178. The molecule has 11 heteroatoms. The molecule has 0 unspecified atom stereocenters. The number of methoxy groups -OCH3 is 2. The Morgan fingerprint density at radius 3 is 2.51 bits per heavy atom. The maximum absolute atomic E-state index is 13.8. The molecule has 2 heterocycles. The van der Waals surface area contributed by atoms with E-state index >= 15 is 0 Å². The molecule has 0 N–H and O–H groups in total. The predicted octanol–water partition coefficient (Wildman–Crippen LogP) is 3.32. The van der Waals surface area contributed by atoms with Crippen molar-refractivity contribution in [3.8, 4) is 11.5 Å². The first-order valence-electron chi connectivity index (χ1n) is 12.0. The largest absolute Gasteiger partial charge is 0.493 e. The summed E-state index contributed by atoms with van der Waals surface area (Å²) in [6.07, 6.45) is 1.66. The fourth-order valence-corrected chi connectivity index (χ4v) is 5.48. The number of carbonyl (C=O) groups is 2.